The molecule has 0 heterocycles. The van der Waals surface area contributed by atoms with Gasteiger partial charge in [0.15, 0.2) is 0 Å². The number of para-hydroxylation sites is 1. The first-order valence-corrected chi connectivity index (χ1v) is 13.4. The maximum atomic E-state index is 11.7. The van der Waals surface area contributed by atoms with Gasteiger partial charge >= 0.3 is 11.9 Å². The van der Waals surface area contributed by atoms with Crippen LogP contribution < -0.4 is 4.74 Å². The smallest absolute Gasteiger partial charge is 0.335 e. The van der Waals surface area contributed by atoms with Crippen LogP contribution in [0, 0.1) is 0 Å². The molecule has 3 aromatic rings. The second kappa shape index (κ2) is 15.2. The molecule has 3 rings (SSSR count). The Morgan fingerprint density at radius 2 is 1.59 bits per heavy atom. The summed E-state index contributed by atoms with van der Waals surface area (Å²) in [5.74, 6) is -0.212. The zero-order chi connectivity index (χ0) is 26.5. The first-order chi connectivity index (χ1) is 17.9. The number of aromatic carboxylic acids is 1. The molecule has 196 valence electrons. The molecule has 0 unspecified atom stereocenters. The predicted octanol–water partition coefficient (Wildman–Crippen LogP) is 6.50. The van der Waals surface area contributed by atoms with E-state index in [1.54, 1.807) is 12.1 Å². The average molecular weight is 569 g/mol. The maximum absolute atomic E-state index is 11.7. The van der Waals surface area contributed by atoms with Crippen LogP contribution >= 0.6 is 15.9 Å². The number of hydrogen-bond donors (Lipinski definition) is 1. The molecule has 37 heavy (non-hydrogen) atoms. The van der Waals surface area contributed by atoms with Crippen LogP contribution in [0.5, 0.6) is 5.75 Å². The van der Waals surface area contributed by atoms with Crippen molar-refractivity contribution >= 4 is 27.9 Å². The number of unbranched alkanes of at least 4 members (excludes halogenated alkanes) is 1. The number of benzene rings is 3. The zero-order valence-corrected chi connectivity index (χ0v) is 22.8. The number of nitrogens with zero attached hydrogens (tertiary/aromatic N) is 1. The van der Waals surface area contributed by atoms with Gasteiger partial charge in [-0.05, 0) is 79.8 Å². The van der Waals surface area contributed by atoms with Crippen molar-refractivity contribution in [3.63, 3.8) is 0 Å². The van der Waals surface area contributed by atoms with Crippen LogP contribution in [0.1, 0.15) is 53.2 Å². The van der Waals surface area contributed by atoms with Crippen LogP contribution in [0.25, 0.3) is 0 Å². The molecule has 0 aliphatic rings. The van der Waals surface area contributed by atoms with Crippen molar-refractivity contribution in [1.29, 1.82) is 0 Å². The summed E-state index contributed by atoms with van der Waals surface area (Å²) in [6, 6.07) is 23.2. The van der Waals surface area contributed by atoms with Gasteiger partial charge in [0.25, 0.3) is 0 Å². The minimum Gasteiger partial charge on any atom is -0.489 e. The lowest BCUT2D eigenvalue weighted by Gasteiger charge is -2.23. The van der Waals surface area contributed by atoms with Crippen molar-refractivity contribution in [3.05, 3.63) is 99.5 Å². The van der Waals surface area contributed by atoms with E-state index in [0.717, 1.165) is 59.3 Å². The Hall–Kier alpha value is -3.16. The minimum absolute atomic E-state index is 0.157. The summed E-state index contributed by atoms with van der Waals surface area (Å²) >= 11 is 3.46. The average Bonchev–Trinajstić information content (AvgIpc) is 2.90. The van der Waals surface area contributed by atoms with Gasteiger partial charge in [-0.25, -0.2) is 4.79 Å². The number of carboxylic acid groups (broad SMARTS) is 1. The van der Waals surface area contributed by atoms with Crippen molar-refractivity contribution in [2.24, 2.45) is 0 Å². The lowest BCUT2D eigenvalue weighted by molar-refractivity contribution is -0.143. The normalized spacial score (nSPS) is 10.9. The van der Waals surface area contributed by atoms with Crippen molar-refractivity contribution < 1.29 is 24.2 Å². The van der Waals surface area contributed by atoms with Gasteiger partial charge in [-0.2, -0.15) is 0 Å². The first-order valence-electron chi connectivity index (χ1n) is 12.6. The van der Waals surface area contributed by atoms with Gasteiger partial charge in [0.05, 0.1) is 12.2 Å². The minimum atomic E-state index is -0.929. The van der Waals surface area contributed by atoms with Gasteiger partial charge in [-0.3, -0.25) is 9.69 Å². The lowest BCUT2D eigenvalue weighted by atomic mass is 10.1. The fourth-order valence-corrected chi connectivity index (χ4v) is 4.25. The molecule has 7 heteroatoms. The largest absolute Gasteiger partial charge is 0.489 e. The van der Waals surface area contributed by atoms with E-state index in [4.69, 9.17) is 9.47 Å². The van der Waals surface area contributed by atoms with Crippen molar-refractivity contribution in [2.75, 3.05) is 19.7 Å². The monoisotopic (exact) mass is 567 g/mol. The highest BCUT2D eigenvalue weighted by molar-refractivity contribution is 9.10. The number of hydrogen-bond acceptors (Lipinski definition) is 5. The third kappa shape index (κ3) is 10.0. The molecular formula is C30H34BrNO5. The second-order valence-corrected chi connectivity index (χ2v) is 9.73. The number of ether oxygens (including phenoxy) is 2. The van der Waals surface area contributed by atoms with Crippen LogP contribution in [-0.4, -0.2) is 41.6 Å². The van der Waals surface area contributed by atoms with E-state index >= 15 is 0 Å². The lowest BCUT2D eigenvalue weighted by Crippen LogP contribution is -2.27. The number of carbonyl (C=O) groups excluding carboxylic acids is 1. The Morgan fingerprint density at radius 1 is 0.892 bits per heavy atom. The molecule has 0 aromatic heterocycles. The first kappa shape index (κ1) is 28.4. The molecular weight excluding hydrogens is 534 g/mol. The van der Waals surface area contributed by atoms with Gasteiger partial charge in [0.2, 0.25) is 0 Å². The molecule has 0 saturated carbocycles. The zero-order valence-electron chi connectivity index (χ0n) is 21.2. The highest BCUT2D eigenvalue weighted by Crippen LogP contribution is 2.21. The van der Waals surface area contributed by atoms with Crippen molar-refractivity contribution in [1.82, 2.24) is 4.90 Å². The highest BCUT2D eigenvalue weighted by Gasteiger charge is 2.11. The second-order valence-electron chi connectivity index (χ2n) is 8.81. The van der Waals surface area contributed by atoms with Crippen LogP contribution in [0.15, 0.2) is 77.3 Å². The molecule has 0 aliphatic carbocycles. The van der Waals surface area contributed by atoms with Crippen LogP contribution in [0.2, 0.25) is 0 Å². The Balaban J connectivity index is 1.62. The molecule has 0 fully saturated rings. The molecule has 0 radical (unpaired) electrons. The highest BCUT2D eigenvalue weighted by atomic mass is 79.9. The summed E-state index contributed by atoms with van der Waals surface area (Å²) in [4.78, 5) is 25.2. The predicted molar refractivity (Wildman–Crippen MR) is 148 cm³/mol. The standard InChI is InChI=1S/C30H34BrNO5/c1-2-36-29(33)9-5-6-19-32(21-23-10-14-26(15-11-23)30(34)35)20-18-25-7-3-4-8-28(25)37-22-24-12-16-27(31)17-13-24/h3-4,7-8,10-17H,2,5-6,9,18-22H2,1H3,(H,34,35). The number of esters is 1. The molecule has 3 aromatic carbocycles. The molecule has 1 N–H and O–H groups in total. The van der Waals surface area contributed by atoms with Crippen molar-refractivity contribution in [3.8, 4) is 5.75 Å². The van der Waals surface area contributed by atoms with Gasteiger partial charge in [0, 0.05) is 24.0 Å². The molecule has 0 aliphatic heterocycles. The summed E-state index contributed by atoms with van der Waals surface area (Å²) in [5.41, 5.74) is 3.57. The summed E-state index contributed by atoms with van der Waals surface area (Å²) in [6.07, 6.45) is 2.86. The summed E-state index contributed by atoms with van der Waals surface area (Å²) in [6.45, 7) is 5.04. The third-order valence-electron chi connectivity index (χ3n) is 6.00. The fraction of sp³-hybridized carbons (Fsp3) is 0.333. The topological polar surface area (TPSA) is 76.1 Å². The number of carbonyl (C=O) groups is 2. The molecule has 0 spiro atoms. The Kier molecular flexibility index (Phi) is 11.7. The van der Waals surface area contributed by atoms with E-state index in [-0.39, 0.29) is 11.5 Å². The van der Waals surface area contributed by atoms with Crippen LogP contribution in [0.3, 0.4) is 0 Å². The Morgan fingerprint density at radius 3 is 2.30 bits per heavy atom. The van der Waals surface area contributed by atoms with E-state index < -0.39 is 5.97 Å². The summed E-state index contributed by atoms with van der Waals surface area (Å²) < 4.78 is 12.2. The molecule has 0 saturated heterocycles. The molecule has 0 amide bonds. The van der Waals surface area contributed by atoms with E-state index in [0.29, 0.717) is 26.2 Å². The number of halogens is 1. The van der Waals surface area contributed by atoms with E-state index in [1.807, 2.05) is 61.5 Å². The SMILES string of the molecule is CCOC(=O)CCCCN(CCc1ccccc1OCc1ccc(Br)cc1)Cc1ccc(C(=O)O)cc1. The van der Waals surface area contributed by atoms with Gasteiger partial charge in [0.1, 0.15) is 12.4 Å². The summed E-state index contributed by atoms with van der Waals surface area (Å²) in [7, 11) is 0. The number of rotatable bonds is 15. The molecule has 0 bridgehead atoms. The quantitative estimate of drug-likeness (QED) is 0.167. The third-order valence-corrected chi connectivity index (χ3v) is 6.52. The van der Waals surface area contributed by atoms with E-state index in [9.17, 15) is 14.7 Å². The molecule has 6 nitrogen and oxygen atoms in total. The maximum Gasteiger partial charge on any atom is 0.335 e. The Bertz CT molecular complexity index is 1130. The van der Waals surface area contributed by atoms with Crippen molar-refractivity contribution in [2.45, 2.75) is 45.8 Å². The van der Waals surface area contributed by atoms with Gasteiger partial charge < -0.3 is 14.6 Å². The van der Waals surface area contributed by atoms with Gasteiger partial charge in [-0.1, -0.05) is 58.4 Å². The Labute approximate surface area is 227 Å². The molecule has 0 atom stereocenters. The van der Waals surface area contributed by atoms with Crippen LogP contribution in [-0.2, 0) is 29.1 Å². The summed E-state index contributed by atoms with van der Waals surface area (Å²) in [5, 5.41) is 9.19. The van der Waals surface area contributed by atoms with Crippen LogP contribution in [0.4, 0.5) is 0 Å². The number of carboxylic acids is 1. The fourth-order valence-electron chi connectivity index (χ4n) is 3.99. The van der Waals surface area contributed by atoms with E-state index in [1.165, 1.54) is 0 Å². The van der Waals surface area contributed by atoms with Gasteiger partial charge in [-0.15, -0.1) is 0 Å². The van der Waals surface area contributed by atoms with E-state index in [2.05, 4.69) is 26.9 Å².